The summed E-state index contributed by atoms with van der Waals surface area (Å²) >= 11 is 3.52. The van der Waals surface area contributed by atoms with Crippen molar-refractivity contribution in [2.24, 2.45) is 0 Å². The number of alkyl halides is 1. The molecule has 0 spiro atoms. The van der Waals surface area contributed by atoms with Crippen LogP contribution in [0.5, 0.6) is 0 Å². The van der Waals surface area contributed by atoms with Crippen molar-refractivity contribution in [2.75, 3.05) is 25.0 Å². The highest BCUT2D eigenvalue weighted by atomic mass is 79.9. The maximum absolute atomic E-state index is 5.75. The molecule has 0 N–H and O–H groups in total. The minimum atomic E-state index is 0.394. The third-order valence-electron chi connectivity index (χ3n) is 3.86. The molecule has 1 fully saturated rings. The maximum Gasteiger partial charge on any atom is 0.0799 e. The summed E-state index contributed by atoms with van der Waals surface area (Å²) in [6, 6.07) is 0.598. The first-order chi connectivity index (χ1) is 8.77. The Kier molecular flexibility index (Phi) is 9.34. The van der Waals surface area contributed by atoms with E-state index in [9.17, 15) is 0 Å². The second-order valence-electron chi connectivity index (χ2n) is 5.57. The van der Waals surface area contributed by atoms with E-state index < -0.39 is 0 Å². The van der Waals surface area contributed by atoms with Gasteiger partial charge >= 0.3 is 0 Å². The number of hydrogen-bond donors (Lipinski definition) is 0. The van der Waals surface area contributed by atoms with Crippen LogP contribution in [0, 0.1) is 0 Å². The smallest absolute Gasteiger partial charge is 0.0799 e. The number of nitrogens with zero attached hydrogens (tertiary/aromatic N) is 1. The Hall–Kier alpha value is 0.400. The molecule has 0 radical (unpaired) electrons. The molecule has 2 nitrogen and oxygen atoms in total. The highest BCUT2D eigenvalue weighted by Crippen LogP contribution is 2.15. The Balaban J connectivity index is 2.03. The molecule has 3 heteroatoms. The lowest BCUT2D eigenvalue weighted by molar-refractivity contribution is -0.0469. The molecule has 1 aliphatic rings. The van der Waals surface area contributed by atoms with E-state index in [1.54, 1.807) is 0 Å². The fourth-order valence-electron chi connectivity index (χ4n) is 2.55. The molecule has 1 aliphatic heterocycles. The number of morpholine rings is 1. The largest absolute Gasteiger partial charge is 0.374 e. The lowest BCUT2D eigenvalue weighted by Gasteiger charge is -2.37. The van der Waals surface area contributed by atoms with Crippen LogP contribution in [-0.2, 0) is 4.74 Å². The molecule has 0 bridgehead atoms. The number of hydrogen-bond acceptors (Lipinski definition) is 2. The topological polar surface area (TPSA) is 12.5 Å². The Morgan fingerprint density at radius 2 is 1.78 bits per heavy atom. The van der Waals surface area contributed by atoms with Crippen LogP contribution in [0.4, 0.5) is 0 Å². The molecule has 2 unspecified atom stereocenters. The minimum Gasteiger partial charge on any atom is -0.374 e. The third-order valence-corrected chi connectivity index (χ3v) is 4.58. The third kappa shape index (κ3) is 6.53. The zero-order chi connectivity index (χ0) is 13.2. The molecule has 108 valence electrons. The van der Waals surface area contributed by atoms with E-state index in [1.165, 1.54) is 51.5 Å². The minimum absolute atomic E-state index is 0.394. The lowest BCUT2D eigenvalue weighted by atomic mass is 10.1. The molecule has 0 saturated carbocycles. The van der Waals surface area contributed by atoms with Crippen LogP contribution in [0.15, 0.2) is 0 Å². The summed E-state index contributed by atoms with van der Waals surface area (Å²) in [5, 5.41) is 0.966. The molecular weight excluding hydrogens is 290 g/mol. The average molecular weight is 320 g/mol. The van der Waals surface area contributed by atoms with Gasteiger partial charge < -0.3 is 4.74 Å². The maximum atomic E-state index is 5.75. The van der Waals surface area contributed by atoms with Crippen molar-refractivity contribution in [1.29, 1.82) is 0 Å². The van der Waals surface area contributed by atoms with Gasteiger partial charge in [0.25, 0.3) is 0 Å². The first-order valence-corrected chi connectivity index (χ1v) is 8.81. The van der Waals surface area contributed by atoms with Gasteiger partial charge in [0, 0.05) is 17.9 Å². The van der Waals surface area contributed by atoms with Crippen molar-refractivity contribution in [1.82, 2.24) is 4.90 Å². The van der Waals surface area contributed by atoms with E-state index in [1.807, 2.05) is 0 Å². The number of ether oxygens (including phenoxy) is 1. The first kappa shape index (κ1) is 16.5. The second-order valence-corrected chi connectivity index (χ2v) is 6.22. The van der Waals surface area contributed by atoms with Crippen LogP contribution in [0.25, 0.3) is 0 Å². The molecule has 0 aliphatic carbocycles. The molecule has 1 saturated heterocycles. The quantitative estimate of drug-likeness (QED) is 0.466. The van der Waals surface area contributed by atoms with E-state index >= 15 is 0 Å². The van der Waals surface area contributed by atoms with E-state index in [0.717, 1.165) is 18.5 Å². The summed E-state index contributed by atoms with van der Waals surface area (Å²) < 4.78 is 5.75. The van der Waals surface area contributed by atoms with Crippen molar-refractivity contribution >= 4 is 15.9 Å². The average Bonchev–Trinajstić information content (AvgIpc) is 2.39. The van der Waals surface area contributed by atoms with Gasteiger partial charge in [-0.05, 0) is 19.9 Å². The molecule has 0 aromatic heterocycles. The van der Waals surface area contributed by atoms with Crippen LogP contribution < -0.4 is 0 Å². The molecule has 2 atom stereocenters. The molecule has 0 amide bonds. The molecule has 1 heterocycles. The zero-order valence-electron chi connectivity index (χ0n) is 12.2. The highest BCUT2D eigenvalue weighted by molar-refractivity contribution is 9.09. The van der Waals surface area contributed by atoms with Crippen LogP contribution in [0.3, 0.4) is 0 Å². The predicted molar refractivity (Wildman–Crippen MR) is 82.6 cm³/mol. The van der Waals surface area contributed by atoms with Crippen molar-refractivity contribution < 1.29 is 4.74 Å². The fraction of sp³-hybridized carbons (Fsp3) is 1.00. The number of halogens is 1. The van der Waals surface area contributed by atoms with Gasteiger partial charge in [0.05, 0.1) is 12.7 Å². The van der Waals surface area contributed by atoms with Gasteiger partial charge in [0.1, 0.15) is 0 Å². The van der Waals surface area contributed by atoms with Gasteiger partial charge in [-0.2, -0.15) is 0 Å². The van der Waals surface area contributed by atoms with Gasteiger partial charge in [-0.15, -0.1) is 0 Å². The summed E-state index contributed by atoms with van der Waals surface area (Å²) in [6.07, 6.45) is 10.2. The van der Waals surface area contributed by atoms with E-state index in [0.29, 0.717) is 12.1 Å². The molecule has 1 rings (SSSR count). The van der Waals surface area contributed by atoms with E-state index in [-0.39, 0.29) is 0 Å². The van der Waals surface area contributed by atoms with Crippen LogP contribution in [0.2, 0.25) is 0 Å². The highest BCUT2D eigenvalue weighted by Gasteiger charge is 2.24. The lowest BCUT2D eigenvalue weighted by Crippen LogP contribution is -2.49. The van der Waals surface area contributed by atoms with Gasteiger partial charge in [-0.3, -0.25) is 4.90 Å². The van der Waals surface area contributed by atoms with Gasteiger partial charge in [0.15, 0.2) is 0 Å². The van der Waals surface area contributed by atoms with Crippen molar-refractivity contribution in [3.8, 4) is 0 Å². The van der Waals surface area contributed by atoms with Crippen LogP contribution in [0.1, 0.15) is 58.8 Å². The summed E-state index contributed by atoms with van der Waals surface area (Å²) in [5.41, 5.74) is 0. The Morgan fingerprint density at radius 1 is 1.11 bits per heavy atom. The van der Waals surface area contributed by atoms with E-state index in [2.05, 4.69) is 34.7 Å². The Bertz CT molecular complexity index is 201. The SMILES string of the molecule is CCCCCCCCCN1CC(CBr)OCC1C. The Morgan fingerprint density at radius 3 is 2.44 bits per heavy atom. The molecule has 0 aromatic carbocycles. The standard InChI is InChI=1S/C15H30BrNO/c1-3-4-5-6-7-8-9-10-17-12-15(11-16)18-13-14(17)2/h14-15H,3-13H2,1-2H3. The van der Waals surface area contributed by atoms with Crippen LogP contribution >= 0.6 is 15.9 Å². The van der Waals surface area contributed by atoms with E-state index in [4.69, 9.17) is 4.74 Å². The van der Waals surface area contributed by atoms with Gasteiger partial charge in [-0.25, -0.2) is 0 Å². The fourth-order valence-corrected chi connectivity index (χ4v) is 2.94. The summed E-state index contributed by atoms with van der Waals surface area (Å²) in [4.78, 5) is 2.60. The van der Waals surface area contributed by atoms with Crippen molar-refractivity contribution in [3.63, 3.8) is 0 Å². The summed E-state index contributed by atoms with van der Waals surface area (Å²) in [7, 11) is 0. The first-order valence-electron chi connectivity index (χ1n) is 7.69. The second kappa shape index (κ2) is 10.2. The zero-order valence-corrected chi connectivity index (χ0v) is 13.8. The Labute approximate surface area is 122 Å². The normalized spacial score (nSPS) is 25.5. The molecule has 18 heavy (non-hydrogen) atoms. The van der Waals surface area contributed by atoms with Gasteiger partial charge in [-0.1, -0.05) is 61.4 Å². The van der Waals surface area contributed by atoms with Crippen LogP contribution in [-0.4, -0.2) is 42.1 Å². The summed E-state index contributed by atoms with van der Waals surface area (Å²) in [6.45, 7) is 7.81. The molecular formula is C15H30BrNO. The monoisotopic (exact) mass is 319 g/mol. The number of rotatable bonds is 9. The van der Waals surface area contributed by atoms with Crippen molar-refractivity contribution in [2.45, 2.75) is 70.9 Å². The van der Waals surface area contributed by atoms with Crippen molar-refractivity contribution in [3.05, 3.63) is 0 Å². The number of unbranched alkanes of at least 4 members (excludes halogenated alkanes) is 6. The molecule has 0 aromatic rings. The summed E-state index contributed by atoms with van der Waals surface area (Å²) in [5.74, 6) is 0. The predicted octanol–water partition coefficient (Wildman–Crippen LogP) is 4.22. The van der Waals surface area contributed by atoms with Gasteiger partial charge in [0.2, 0.25) is 0 Å².